The van der Waals surface area contributed by atoms with Crippen LogP contribution < -0.4 is 0 Å². The lowest BCUT2D eigenvalue weighted by Crippen LogP contribution is -2.43. The second kappa shape index (κ2) is 12.1. The third-order valence-electron chi connectivity index (χ3n) is 6.82. The largest absolute Gasteiger partial charge is 0.457 e. The fourth-order valence-electron chi connectivity index (χ4n) is 4.52. The van der Waals surface area contributed by atoms with Crippen LogP contribution in [0.5, 0.6) is 0 Å². The van der Waals surface area contributed by atoms with Gasteiger partial charge < -0.3 is 9.15 Å². The number of imide groups is 1. The van der Waals surface area contributed by atoms with E-state index in [1.165, 1.54) is 0 Å². The number of hydrogen-bond acceptors (Lipinski definition) is 6. The highest BCUT2D eigenvalue weighted by molar-refractivity contribution is 6.19. The summed E-state index contributed by atoms with van der Waals surface area (Å²) in [6.45, 7) is 1.93. The number of furan rings is 1. The van der Waals surface area contributed by atoms with Crippen LogP contribution in [0.15, 0.2) is 118 Å². The van der Waals surface area contributed by atoms with Crippen molar-refractivity contribution in [1.82, 2.24) is 4.90 Å². The number of nitriles is 1. The molecular formula is C34H26N2O5. The molecular weight excluding hydrogens is 516 g/mol. The number of carbonyl (C=O) groups is 3. The third kappa shape index (κ3) is 6.07. The first-order valence-corrected chi connectivity index (χ1v) is 13.1. The Balaban J connectivity index is 1.32. The molecule has 0 bridgehead atoms. The molecule has 2 amide bonds. The van der Waals surface area contributed by atoms with Crippen molar-refractivity contribution in [2.75, 3.05) is 6.54 Å². The number of ether oxygens (including phenoxy) is 1. The summed E-state index contributed by atoms with van der Waals surface area (Å²) in [4.78, 5) is 39.8. The number of nitrogens with zero attached hydrogens (tertiary/aromatic N) is 2. The standard InChI is InChI=1S/C34H26N2O5/c1-23-29(32(37)36(33(38)30(23)21-35)19-18-24-8-4-2-5-9-24)20-28-16-17-31(41-28)26-12-14-27(15-13-26)34(39)40-22-25-10-6-3-7-11-25/h2-17,20H,18-19,22H2,1H3/b29-20-. The highest BCUT2D eigenvalue weighted by atomic mass is 16.5. The SMILES string of the molecule is CC1=C(C#N)C(=O)N(CCc2ccccc2)C(=O)/C1=C\c1ccc(-c2ccc(C(=O)OCc3ccccc3)cc2)o1. The van der Waals surface area contributed by atoms with Gasteiger partial charge in [0, 0.05) is 17.7 Å². The Morgan fingerprint density at radius 3 is 2.20 bits per heavy atom. The summed E-state index contributed by atoms with van der Waals surface area (Å²) in [5.74, 6) is -0.570. The summed E-state index contributed by atoms with van der Waals surface area (Å²) in [6.07, 6.45) is 2.03. The number of carbonyl (C=O) groups excluding carboxylic acids is 3. The smallest absolute Gasteiger partial charge is 0.338 e. The van der Waals surface area contributed by atoms with E-state index in [0.29, 0.717) is 29.1 Å². The molecule has 2 heterocycles. The molecule has 0 fully saturated rings. The fraction of sp³-hybridized carbons (Fsp3) is 0.118. The molecule has 3 aromatic carbocycles. The van der Waals surface area contributed by atoms with Crippen LogP contribution in [0, 0.1) is 11.3 Å². The number of amides is 2. The zero-order chi connectivity index (χ0) is 28.8. The lowest BCUT2D eigenvalue weighted by atomic mass is 9.94. The summed E-state index contributed by atoms with van der Waals surface area (Å²) in [5.41, 5.74) is 3.51. The number of rotatable bonds is 8. The second-order valence-electron chi connectivity index (χ2n) is 9.51. The molecule has 7 heteroatoms. The van der Waals surface area contributed by atoms with E-state index < -0.39 is 17.8 Å². The van der Waals surface area contributed by atoms with Gasteiger partial charge in [0.2, 0.25) is 0 Å². The fourth-order valence-corrected chi connectivity index (χ4v) is 4.52. The van der Waals surface area contributed by atoms with Gasteiger partial charge >= 0.3 is 5.97 Å². The van der Waals surface area contributed by atoms with Crippen LogP contribution in [0.2, 0.25) is 0 Å². The van der Waals surface area contributed by atoms with Crippen molar-refractivity contribution in [2.45, 2.75) is 20.0 Å². The monoisotopic (exact) mass is 542 g/mol. The summed E-state index contributed by atoms with van der Waals surface area (Å²) in [7, 11) is 0. The van der Waals surface area contributed by atoms with Crippen LogP contribution in [0.1, 0.15) is 34.2 Å². The van der Waals surface area contributed by atoms with Crippen molar-refractivity contribution in [2.24, 2.45) is 0 Å². The minimum absolute atomic E-state index is 0.0644. The molecule has 1 aromatic heterocycles. The first kappa shape index (κ1) is 27.1. The van der Waals surface area contributed by atoms with Crippen molar-refractivity contribution in [3.63, 3.8) is 0 Å². The van der Waals surface area contributed by atoms with Gasteiger partial charge in [-0.3, -0.25) is 14.5 Å². The molecule has 41 heavy (non-hydrogen) atoms. The van der Waals surface area contributed by atoms with Crippen molar-refractivity contribution in [1.29, 1.82) is 5.26 Å². The van der Waals surface area contributed by atoms with Gasteiger partial charge in [0.25, 0.3) is 11.8 Å². The van der Waals surface area contributed by atoms with Gasteiger partial charge in [0.1, 0.15) is 29.8 Å². The third-order valence-corrected chi connectivity index (χ3v) is 6.82. The van der Waals surface area contributed by atoms with Crippen LogP contribution in [0.25, 0.3) is 17.4 Å². The van der Waals surface area contributed by atoms with E-state index in [0.717, 1.165) is 21.6 Å². The molecule has 0 N–H and O–H groups in total. The zero-order valence-electron chi connectivity index (χ0n) is 22.4. The molecule has 0 aliphatic carbocycles. The van der Waals surface area contributed by atoms with E-state index in [-0.39, 0.29) is 24.3 Å². The van der Waals surface area contributed by atoms with Crippen molar-refractivity contribution in [3.05, 3.63) is 136 Å². The molecule has 1 aliphatic rings. The molecule has 0 saturated heterocycles. The highest BCUT2D eigenvalue weighted by Gasteiger charge is 2.35. The number of benzene rings is 3. The minimum atomic E-state index is -0.592. The van der Waals surface area contributed by atoms with Gasteiger partial charge in [-0.1, -0.05) is 72.8 Å². The molecule has 0 unspecified atom stereocenters. The van der Waals surface area contributed by atoms with Gasteiger partial charge in [0.05, 0.1) is 5.56 Å². The van der Waals surface area contributed by atoms with E-state index in [4.69, 9.17) is 9.15 Å². The van der Waals surface area contributed by atoms with Crippen LogP contribution in [0.3, 0.4) is 0 Å². The van der Waals surface area contributed by atoms with Crippen molar-refractivity contribution in [3.8, 4) is 17.4 Å². The van der Waals surface area contributed by atoms with Gasteiger partial charge in [-0.25, -0.2) is 4.79 Å². The van der Waals surface area contributed by atoms with E-state index in [2.05, 4.69) is 0 Å². The molecule has 4 aromatic rings. The number of hydrogen-bond donors (Lipinski definition) is 0. The Hall–Kier alpha value is -5.48. The first-order chi connectivity index (χ1) is 19.9. The lowest BCUT2D eigenvalue weighted by molar-refractivity contribution is -0.140. The topological polar surface area (TPSA) is 101 Å². The van der Waals surface area contributed by atoms with Gasteiger partial charge in [-0.2, -0.15) is 5.26 Å². The van der Waals surface area contributed by atoms with E-state index in [1.807, 2.05) is 66.7 Å². The van der Waals surface area contributed by atoms with Gasteiger partial charge in [-0.05, 0) is 60.4 Å². The predicted molar refractivity (Wildman–Crippen MR) is 153 cm³/mol. The molecule has 202 valence electrons. The molecule has 0 atom stereocenters. The Bertz CT molecular complexity index is 1690. The van der Waals surface area contributed by atoms with Crippen LogP contribution in [-0.2, 0) is 27.4 Å². The van der Waals surface area contributed by atoms with Crippen LogP contribution in [0.4, 0.5) is 0 Å². The van der Waals surface area contributed by atoms with E-state index >= 15 is 0 Å². The molecule has 0 saturated carbocycles. The zero-order valence-corrected chi connectivity index (χ0v) is 22.4. The van der Waals surface area contributed by atoms with Crippen LogP contribution in [-0.4, -0.2) is 29.2 Å². The first-order valence-electron chi connectivity index (χ1n) is 13.1. The summed E-state index contributed by atoms with van der Waals surface area (Å²) in [6, 6.07) is 31.2. The Morgan fingerprint density at radius 2 is 1.54 bits per heavy atom. The Morgan fingerprint density at radius 1 is 0.878 bits per heavy atom. The van der Waals surface area contributed by atoms with E-state index in [9.17, 15) is 19.6 Å². The second-order valence-corrected chi connectivity index (χ2v) is 9.51. The molecule has 1 aliphatic heterocycles. The quantitative estimate of drug-likeness (QED) is 0.151. The number of esters is 1. The Kier molecular flexibility index (Phi) is 8.03. The predicted octanol–water partition coefficient (Wildman–Crippen LogP) is 6.14. The minimum Gasteiger partial charge on any atom is -0.457 e. The maximum absolute atomic E-state index is 13.4. The lowest BCUT2D eigenvalue weighted by Gasteiger charge is -2.27. The average Bonchev–Trinajstić information content (AvgIpc) is 3.48. The highest BCUT2D eigenvalue weighted by Crippen LogP contribution is 2.29. The Labute approximate surface area is 237 Å². The average molecular weight is 543 g/mol. The van der Waals surface area contributed by atoms with E-state index in [1.54, 1.807) is 49.4 Å². The summed E-state index contributed by atoms with van der Waals surface area (Å²) >= 11 is 0. The van der Waals surface area contributed by atoms with Gasteiger partial charge in [-0.15, -0.1) is 0 Å². The van der Waals surface area contributed by atoms with Gasteiger partial charge in [0.15, 0.2) is 0 Å². The maximum Gasteiger partial charge on any atom is 0.338 e. The maximum atomic E-state index is 13.4. The molecule has 7 nitrogen and oxygen atoms in total. The van der Waals surface area contributed by atoms with Crippen molar-refractivity contribution >= 4 is 23.9 Å². The molecule has 0 spiro atoms. The molecule has 0 radical (unpaired) electrons. The summed E-state index contributed by atoms with van der Waals surface area (Å²) in [5, 5.41) is 9.66. The van der Waals surface area contributed by atoms with Crippen molar-refractivity contribution < 1.29 is 23.5 Å². The van der Waals surface area contributed by atoms with Crippen LogP contribution >= 0.6 is 0 Å². The molecule has 5 rings (SSSR count). The normalized spacial score (nSPS) is 14.3. The summed E-state index contributed by atoms with van der Waals surface area (Å²) < 4.78 is 11.4.